The second kappa shape index (κ2) is 10.7. The molecular weight excluding hydrogens is 378 g/mol. The maximum Gasteiger partial charge on any atom is 0.344 e. The number of carbonyl (C=O) groups is 2. The molecule has 1 aromatic carbocycles. The van der Waals surface area contributed by atoms with Crippen molar-refractivity contribution in [3.63, 3.8) is 0 Å². The summed E-state index contributed by atoms with van der Waals surface area (Å²) in [5, 5.41) is 11.1. The van der Waals surface area contributed by atoms with Crippen molar-refractivity contribution in [2.45, 2.75) is 44.4 Å². The van der Waals surface area contributed by atoms with Gasteiger partial charge in [0.25, 0.3) is 0 Å². The summed E-state index contributed by atoms with van der Waals surface area (Å²) in [5.74, 6) is 0.522. The maximum atomic E-state index is 11.7. The highest BCUT2D eigenvalue weighted by atomic mass is 32.2. The predicted octanol–water partition coefficient (Wildman–Crippen LogP) is 4.18. The number of aromatic hydroxyl groups is 1. The van der Waals surface area contributed by atoms with E-state index < -0.39 is 5.97 Å². The average molecular weight is 404 g/mol. The SMILES string of the molecule is CCCc1c(CSc2ncccc2OCC(=O)OCC)ccc(C(C)=O)c1O. The minimum Gasteiger partial charge on any atom is -0.507 e. The van der Waals surface area contributed by atoms with Crippen LogP contribution in [-0.2, 0) is 21.7 Å². The fraction of sp³-hybridized carbons (Fsp3) is 0.381. The molecule has 150 valence electrons. The van der Waals surface area contributed by atoms with E-state index in [2.05, 4.69) is 4.98 Å². The average Bonchev–Trinajstić information content (AvgIpc) is 2.67. The summed E-state index contributed by atoms with van der Waals surface area (Å²) in [6, 6.07) is 7.01. The number of phenolic OH excluding ortho intramolecular Hbond substituents is 1. The summed E-state index contributed by atoms with van der Waals surface area (Å²) in [6.07, 6.45) is 3.18. The molecule has 28 heavy (non-hydrogen) atoms. The van der Waals surface area contributed by atoms with Crippen LogP contribution in [0.1, 0.15) is 48.7 Å². The topological polar surface area (TPSA) is 85.7 Å². The summed E-state index contributed by atoms with van der Waals surface area (Å²) < 4.78 is 10.4. The molecule has 0 amide bonds. The summed E-state index contributed by atoms with van der Waals surface area (Å²) in [6.45, 7) is 5.33. The number of esters is 1. The fourth-order valence-corrected chi connectivity index (χ4v) is 3.67. The first-order valence-corrected chi connectivity index (χ1v) is 10.2. The number of pyridine rings is 1. The van der Waals surface area contributed by atoms with Gasteiger partial charge in [-0.25, -0.2) is 9.78 Å². The van der Waals surface area contributed by atoms with E-state index in [0.717, 1.165) is 17.5 Å². The Kier molecular flexibility index (Phi) is 8.32. The van der Waals surface area contributed by atoms with E-state index >= 15 is 0 Å². The summed E-state index contributed by atoms with van der Waals surface area (Å²) in [4.78, 5) is 27.6. The molecule has 0 aliphatic heterocycles. The van der Waals surface area contributed by atoms with Gasteiger partial charge >= 0.3 is 5.97 Å². The normalized spacial score (nSPS) is 10.5. The number of thioether (sulfide) groups is 1. The van der Waals surface area contributed by atoms with Crippen LogP contribution in [0.4, 0.5) is 0 Å². The second-order valence-corrected chi connectivity index (χ2v) is 7.06. The maximum absolute atomic E-state index is 11.7. The molecule has 1 N–H and O–H groups in total. The van der Waals surface area contributed by atoms with Gasteiger partial charge in [-0.1, -0.05) is 31.2 Å². The molecule has 0 aliphatic carbocycles. The Balaban J connectivity index is 2.17. The summed E-state index contributed by atoms with van der Waals surface area (Å²) in [7, 11) is 0. The first-order chi connectivity index (χ1) is 13.5. The van der Waals surface area contributed by atoms with Gasteiger partial charge in [0, 0.05) is 11.9 Å². The lowest BCUT2D eigenvalue weighted by Gasteiger charge is -2.14. The van der Waals surface area contributed by atoms with Gasteiger partial charge in [0.15, 0.2) is 18.1 Å². The van der Waals surface area contributed by atoms with Crippen LogP contribution in [0.5, 0.6) is 11.5 Å². The molecule has 0 atom stereocenters. The zero-order valence-electron chi connectivity index (χ0n) is 16.4. The molecule has 1 aromatic heterocycles. The van der Waals surface area contributed by atoms with E-state index in [1.54, 1.807) is 31.3 Å². The van der Waals surface area contributed by atoms with Crippen LogP contribution in [-0.4, -0.2) is 35.1 Å². The molecule has 0 fully saturated rings. The van der Waals surface area contributed by atoms with Gasteiger partial charge in [-0.15, -0.1) is 0 Å². The number of benzene rings is 1. The molecule has 0 saturated heterocycles. The number of hydrogen-bond donors (Lipinski definition) is 1. The van der Waals surface area contributed by atoms with Crippen LogP contribution in [0.25, 0.3) is 0 Å². The number of ether oxygens (including phenoxy) is 2. The molecule has 7 heteroatoms. The highest BCUT2D eigenvalue weighted by Gasteiger charge is 2.16. The number of rotatable bonds is 10. The molecule has 0 saturated carbocycles. The Bertz CT molecular complexity index is 838. The summed E-state index contributed by atoms with van der Waals surface area (Å²) in [5.41, 5.74) is 2.07. The molecule has 2 rings (SSSR count). The molecule has 0 aliphatic rings. The van der Waals surface area contributed by atoms with Crippen molar-refractivity contribution in [1.82, 2.24) is 4.98 Å². The molecule has 0 radical (unpaired) electrons. The van der Waals surface area contributed by atoms with Crippen LogP contribution >= 0.6 is 11.8 Å². The molecule has 0 spiro atoms. The zero-order chi connectivity index (χ0) is 20.5. The Morgan fingerprint density at radius 3 is 2.68 bits per heavy atom. The molecule has 0 unspecified atom stereocenters. The molecule has 2 aromatic rings. The van der Waals surface area contributed by atoms with E-state index in [1.165, 1.54) is 18.7 Å². The lowest BCUT2D eigenvalue weighted by Crippen LogP contribution is -2.15. The lowest BCUT2D eigenvalue weighted by molar-refractivity contribution is -0.145. The van der Waals surface area contributed by atoms with Gasteiger partial charge in [-0.2, -0.15) is 0 Å². The van der Waals surface area contributed by atoms with Gasteiger partial charge in [-0.3, -0.25) is 4.79 Å². The van der Waals surface area contributed by atoms with Crippen molar-refractivity contribution in [3.8, 4) is 11.5 Å². The van der Waals surface area contributed by atoms with E-state index in [-0.39, 0.29) is 18.1 Å². The summed E-state index contributed by atoms with van der Waals surface area (Å²) >= 11 is 1.44. The number of hydrogen-bond acceptors (Lipinski definition) is 7. The number of nitrogens with zero attached hydrogens (tertiary/aromatic N) is 1. The predicted molar refractivity (Wildman–Crippen MR) is 108 cm³/mol. The first-order valence-electron chi connectivity index (χ1n) is 9.18. The first kappa shape index (κ1) is 21.8. The molecule has 1 heterocycles. The van der Waals surface area contributed by atoms with E-state index in [4.69, 9.17) is 9.47 Å². The van der Waals surface area contributed by atoms with Gasteiger partial charge in [-0.05, 0) is 49.6 Å². The molecule has 0 bridgehead atoms. The Labute approximate surface area is 169 Å². The Hall–Kier alpha value is -2.54. The third-order valence-corrected chi connectivity index (χ3v) is 5.05. The van der Waals surface area contributed by atoms with Crippen molar-refractivity contribution in [1.29, 1.82) is 0 Å². The Morgan fingerprint density at radius 1 is 1.21 bits per heavy atom. The van der Waals surface area contributed by atoms with Crippen LogP contribution in [0.2, 0.25) is 0 Å². The third kappa shape index (κ3) is 5.73. The zero-order valence-corrected chi connectivity index (χ0v) is 17.2. The third-order valence-electron chi connectivity index (χ3n) is 4.01. The number of ketones is 1. The van der Waals surface area contributed by atoms with Crippen molar-refractivity contribution in [2.75, 3.05) is 13.2 Å². The van der Waals surface area contributed by atoms with Crippen molar-refractivity contribution >= 4 is 23.5 Å². The van der Waals surface area contributed by atoms with Crippen LogP contribution in [0.15, 0.2) is 35.5 Å². The number of phenols is 1. The molecule has 6 nitrogen and oxygen atoms in total. The monoisotopic (exact) mass is 403 g/mol. The Morgan fingerprint density at radius 2 is 2.00 bits per heavy atom. The van der Waals surface area contributed by atoms with Crippen molar-refractivity contribution < 1.29 is 24.2 Å². The van der Waals surface area contributed by atoms with E-state index in [1.807, 2.05) is 13.0 Å². The van der Waals surface area contributed by atoms with Crippen LogP contribution in [0.3, 0.4) is 0 Å². The van der Waals surface area contributed by atoms with Crippen molar-refractivity contribution in [2.24, 2.45) is 0 Å². The van der Waals surface area contributed by atoms with E-state index in [9.17, 15) is 14.7 Å². The quantitative estimate of drug-likeness (QED) is 0.362. The van der Waals surface area contributed by atoms with Gasteiger partial charge in [0.2, 0.25) is 0 Å². The van der Waals surface area contributed by atoms with Gasteiger partial charge in [0.05, 0.1) is 12.2 Å². The number of carbonyl (C=O) groups excluding carboxylic acids is 2. The van der Waals surface area contributed by atoms with Crippen molar-refractivity contribution in [3.05, 3.63) is 47.2 Å². The highest BCUT2D eigenvalue weighted by Crippen LogP contribution is 2.34. The lowest BCUT2D eigenvalue weighted by atomic mass is 9.98. The number of Topliss-reactive ketones (excluding diaryl/α,β-unsaturated/α-hetero) is 1. The van der Waals surface area contributed by atoms with Gasteiger partial charge < -0.3 is 14.6 Å². The fourth-order valence-electron chi connectivity index (χ4n) is 2.71. The standard InChI is InChI=1S/C21H25NO5S/c1-4-7-17-15(9-10-16(14(3)23)20(17)25)13-28-21-18(8-6-11-22-21)27-12-19(24)26-5-2/h6,8-11,25H,4-5,7,12-13H2,1-3H3. The smallest absolute Gasteiger partial charge is 0.344 e. The minimum absolute atomic E-state index is 0.0623. The van der Waals surface area contributed by atoms with Gasteiger partial charge in [0.1, 0.15) is 10.8 Å². The van der Waals surface area contributed by atoms with Crippen LogP contribution < -0.4 is 4.74 Å². The van der Waals surface area contributed by atoms with E-state index in [0.29, 0.717) is 35.1 Å². The molecular formula is C21H25NO5S. The minimum atomic E-state index is -0.433. The highest BCUT2D eigenvalue weighted by molar-refractivity contribution is 7.98. The number of aromatic nitrogens is 1. The largest absolute Gasteiger partial charge is 0.507 e. The van der Waals surface area contributed by atoms with Crippen LogP contribution in [0, 0.1) is 0 Å². The second-order valence-electron chi connectivity index (χ2n) is 6.09.